The van der Waals surface area contributed by atoms with Gasteiger partial charge in [-0.05, 0) is 178 Å². The summed E-state index contributed by atoms with van der Waals surface area (Å²) in [6.07, 6.45) is 6.51. The maximum atomic E-state index is 2.93. The van der Waals surface area contributed by atoms with Crippen LogP contribution in [-0.2, 0) is 0 Å². The van der Waals surface area contributed by atoms with E-state index in [0.29, 0.717) is 12.1 Å². The molecule has 416 valence electrons. The molecule has 0 unspecified atom stereocenters. The van der Waals surface area contributed by atoms with Crippen LogP contribution in [0.4, 0.5) is 73.9 Å². The van der Waals surface area contributed by atoms with Crippen LogP contribution in [0.2, 0.25) is 0 Å². The molecule has 5 nitrogen and oxygen atoms in total. The van der Waals surface area contributed by atoms with Crippen LogP contribution in [-0.4, -0.2) is 25.5 Å². The molecule has 12 aromatic carbocycles. The van der Waals surface area contributed by atoms with E-state index in [-0.39, 0.29) is 13.4 Å². The molecule has 2 saturated carbocycles. The van der Waals surface area contributed by atoms with Crippen molar-refractivity contribution in [1.82, 2.24) is 0 Å². The number of benzene rings is 12. The normalized spacial score (nSPS) is 18.5. The van der Waals surface area contributed by atoms with E-state index in [4.69, 9.17) is 0 Å². The zero-order valence-corrected chi connectivity index (χ0v) is 48.9. The van der Waals surface area contributed by atoms with Gasteiger partial charge in [0.25, 0.3) is 13.4 Å². The quantitative estimate of drug-likeness (QED) is 0.141. The first kappa shape index (κ1) is 50.0. The third kappa shape index (κ3) is 7.49. The molecule has 8 aliphatic rings. The average molecular weight is 1130 g/mol. The van der Waals surface area contributed by atoms with Crippen molar-refractivity contribution in [3.63, 3.8) is 0 Å². The van der Waals surface area contributed by atoms with E-state index >= 15 is 0 Å². The molecule has 2 saturated heterocycles. The molecule has 0 aromatic heterocycles. The molecule has 7 heteroatoms. The highest BCUT2D eigenvalue weighted by atomic mass is 15.2. The minimum absolute atomic E-state index is 0.0918. The number of rotatable bonds is 8. The molecular weight excluding hydrogens is 1060 g/mol. The van der Waals surface area contributed by atoms with E-state index in [9.17, 15) is 0 Å². The van der Waals surface area contributed by atoms with Gasteiger partial charge in [0.05, 0.1) is 5.69 Å². The van der Waals surface area contributed by atoms with Crippen LogP contribution in [0.5, 0.6) is 0 Å². The van der Waals surface area contributed by atoms with Gasteiger partial charge in [0, 0.05) is 91.5 Å². The third-order valence-electron chi connectivity index (χ3n) is 20.8. The molecule has 2 aliphatic carbocycles. The average Bonchev–Trinajstić information content (AvgIpc) is 0.738. The molecular formula is C81H61B2N5. The largest absolute Gasteiger partial charge is 0.365 e. The standard InChI is InChI=1S/C81H61B2N5/c1-7-24-55(25-8-1)58-47-75-79-76(48-58)86(60-32-15-5-16-33-60)73-52-74-70(51-69(73)82(79)67-38-19-21-40-71(67)85(75)59-30-13-4-14-31-59)83-68-39-20-22-41-72(68)88(81-65(56-26-9-2-10-27-56)36-23-37-66(81)57-28-11-3-12-29-57)78-50-64(84-62-43-53-42-54(45-62)46-63(84)44-53)49-77(80(78)83)87(74)61-34-17-6-18-35-61/h1-41,47-54,62-63H,42-46H2. The highest BCUT2D eigenvalue weighted by Crippen LogP contribution is 2.56. The molecule has 0 spiro atoms. The van der Waals surface area contributed by atoms with Crippen LogP contribution in [0.1, 0.15) is 32.1 Å². The number of anilines is 13. The lowest BCUT2D eigenvalue weighted by atomic mass is 9.30. The van der Waals surface area contributed by atoms with Crippen LogP contribution < -0.4 is 57.3 Å². The summed E-state index contributed by atoms with van der Waals surface area (Å²) >= 11 is 0. The Hall–Kier alpha value is -10.2. The van der Waals surface area contributed by atoms with Crippen molar-refractivity contribution in [3.8, 4) is 33.4 Å². The molecule has 0 radical (unpaired) electrons. The van der Waals surface area contributed by atoms with Crippen LogP contribution in [0.3, 0.4) is 0 Å². The van der Waals surface area contributed by atoms with Gasteiger partial charge in [-0.1, -0.05) is 206 Å². The molecule has 6 aliphatic heterocycles. The number of nitrogens with zero attached hydrogens (tertiary/aromatic N) is 5. The third-order valence-corrected chi connectivity index (χ3v) is 20.8. The van der Waals surface area contributed by atoms with Crippen LogP contribution in [0.25, 0.3) is 33.4 Å². The molecule has 88 heavy (non-hydrogen) atoms. The smallest absolute Gasteiger partial charge is 0.252 e. The summed E-state index contributed by atoms with van der Waals surface area (Å²) in [6.45, 7) is -0.207. The summed E-state index contributed by atoms with van der Waals surface area (Å²) in [7, 11) is 0. The predicted molar refractivity (Wildman–Crippen MR) is 371 cm³/mol. The molecule has 12 aromatic rings. The minimum Gasteiger partial charge on any atom is -0.365 e. The highest BCUT2D eigenvalue weighted by molar-refractivity contribution is 7.03. The maximum Gasteiger partial charge on any atom is 0.252 e. The first-order chi connectivity index (χ1) is 43.7. The Morgan fingerprint density at radius 2 is 0.625 bits per heavy atom. The summed E-state index contributed by atoms with van der Waals surface area (Å²) < 4.78 is 0. The van der Waals surface area contributed by atoms with Gasteiger partial charge < -0.3 is 24.5 Å². The van der Waals surface area contributed by atoms with Crippen LogP contribution in [0.15, 0.2) is 285 Å². The van der Waals surface area contributed by atoms with Crippen molar-refractivity contribution in [1.29, 1.82) is 0 Å². The van der Waals surface area contributed by atoms with Gasteiger partial charge in [-0.2, -0.15) is 0 Å². The Balaban J connectivity index is 0.931. The Morgan fingerprint density at radius 3 is 1.09 bits per heavy atom. The fourth-order valence-electron chi connectivity index (χ4n) is 17.6. The number of hydrogen-bond donors (Lipinski definition) is 0. The van der Waals surface area contributed by atoms with Crippen LogP contribution in [0, 0.1) is 11.8 Å². The van der Waals surface area contributed by atoms with Gasteiger partial charge >= 0.3 is 0 Å². The van der Waals surface area contributed by atoms with E-state index in [1.807, 2.05) is 0 Å². The lowest BCUT2D eigenvalue weighted by molar-refractivity contribution is 0.0900. The molecule has 20 rings (SSSR count). The minimum atomic E-state index is -0.115. The maximum absolute atomic E-state index is 2.93. The van der Waals surface area contributed by atoms with Gasteiger partial charge in [-0.15, -0.1) is 0 Å². The van der Waals surface area contributed by atoms with Crippen molar-refractivity contribution < 1.29 is 0 Å². The van der Waals surface area contributed by atoms with Gasteiger partial charge in [0.15, 0.2) is 0 Å². The molecule has 4 fully saturated rings. The predicted octanol–water partition coefficient (Wildman–Crippen LogP) is 16.6. The molecule has 0 N–H and O–H groups in total. The number of para-hydroxylation sites is 6. The Bertz CT molecular complexity index is 4650. The lowest BCUT2D eigenvalue weighted by Crippen LogP contribution is -2.65. The van der Waals surface area contributed by atoms with E-state index in [1.54, 1.807) is 0 Å². The summed E-state index contributed by atoms with van der Waals surface area (Å²) in [5.74, 6) is 1.64. The first-order valence-electron chi connectivity index (χ1n) is 31.8. The second kappa shape index (κ2) is 19.6. The Labute approximate surface area is 516 Å². The van der Waals surface area contributed by atoms with E-state index in [2.05, 4.69) is 310 Å². The van der Waals surface area contributed by atoms with Gasteiger partial charge in [-0.3, -0.25) is 0 Å². The summed E-state index contributed by atoms with van der Waals surface area (Å²) in [6, 6.07) is 109. The van der Waals surface area contributed by atoms with Gasteiger partial charge in [0.1, 0.15) is 0 Å². The number of piperidine rings is 2. The summed E-state index contributed by atoms with van der Waals surface area (Å²) in [5.41, 5.74) is 30.8. The van der Waals surface area contributed by atoms with E-state index in [0.717, 1.165) is 28.9 Å². The highest BCUT2D eigenvalue weighted by Gasteiger charge is 2.51. The van der Waals surface area contributed by atoms with Crippen molar-refractivity contribution in [3.05, 3.63) is 285 Å². The number of fused-ring (bicyclic) bond motifs is 8. The Morgan fingerprint density at radius 1 is 0.250 bits per heavy atom. The van der Waals surface area contributed by atoms with Crippen molar-refractivity contribution in [2.75, 3.05) is 24.5 Å². The zero-order valence-electron chi connectivity index (χ0n) is 48.9. The van der Waals surface area contributed by atoms with Gasteiger partial charge in [0.2, 0.25) is 0 Å². The molecule has 0 amide bonds. The van der Waals surface area contributed by atoms with E-state index in [1.165, 1.54) is 155 Å². The van der Waals surface area contributed by atoms with Crippen molar-refractivity contribution in [2.45, 2.75) is 44.2 Å². The van der Waals surface area contributed by atoms with Gasteiger partial charge in [-0.25, -0.2) is 0 Å². The fourth-order valence-corrected chi connectivity index (χ4v) is 17.6. The summed E-state index contributed by atoms with van der Waals surface area (Å²) in [4.78, 5) is 13.5. The molecule has 0 atom stereocenters. The molecule has 6 heterocycles. The lowest BCUT2D eigenvalue weighted by Gasteiger charge is -2.58. The van der Waals surface area contributed by atoms with Crippen LogP contribution >= 0.6 is 0 Å². The van der Waals surface area contributed by atoms with Crippen molar-refractivity contribution in [2.24, 2.45) is 11.8 Å². The Kier molecular flexibility index (Phi) is 11.2. The monoisotopic (exact) mass is 1130 g/mol. The topological polar surface area (TPSA) is 16.2 Å². The molecule has 4 bridgehead atoms. The number of hydrogen-bond acceptors (Lipinski definition) is 5. The second-order valence-corrected chi connectivity index (χ2v) is 25.6. The van der Waals surface area contributed by atoms with E-state index < -0.39 is 0 Å². The SMILES string of the molecule is c1ccc(-c2cc3c4c(c2)N(c2ccccc2)c2cc5c(cc2B4c2ccccc2N3c2ccccc2)B2c3ccccc3N(c3c(-c4ccccc4)cccc3-c3ccccc3)c3cc(N4C6CC7CC(C6)CC4C7)cc(c32)N5c2ccccc2)cc1. The zero-order chi connectivity index (χ0) is 57.6. The van der Waals surface area contributed by atoms with Crippen molar-refractivity contribution >= 4 is 120 Å². The fraction of sp³-hybridized carbons (Fsp3) is 0.111. The summed E-state index contributed by atoms with van der Waals surface area (Å²) in [5, 5.41) is 0. The second-order valence-electron chi connectivity index (χ2n) is 25.6. The first-order valence-corrected chi connectivity index (χ1v) is 31.8.